The first-order valence-corrected chi connectivity index (χ1v) is 3.57. The van der Waals surface area contributed by atoms with E-state index >= 15 is 0 Å². The fraction of sp³-hybridized carbons (Fsp3) is 0.857. The van der Waals surface area contributed by atoms with E-state index in [1.54, 1.807) is 0 Å². The van der Waals surface area contributed by atoms with E-state index < -0.39 is 0 Å². The lowest BCUT2D eigenvalue weighted by molar-refractivity contribution is -0.145. The van der Waals surface area contributed by atoms with E-state index in [-0.39, 0.29) is 17.9 Å². The van der Waals surface area contributed by atoms with Crippen molar-refractivity contribution in [1.82, 2.24) is 0 Å². The van der Waals surface area contributed by atoms with Gasteiger partial charge in [0.05, 0.1) is 13.0 Å². The van der Waals surface area contributed by atoms with Gasteiger partial charge in [-0.15, -0.1) is 0 Å². The van der Waals surface area contributed by atoms with E-state index in [1.165, 1.54) is 7.11 Å². The molecule has 1 aliphatic carbocycles. The van der Waals surface area contributed by atoms with Crippen molar-refractivity contribution in [2.75, 3.05) is 7.11 Å². The van der Waals surface area contributed by atoms with Crippen molar-refractivity contribution < 1.29 is 9.53 Å². The zero-order valence-corrected chi connectivity index (χ0v) is 6.17. The molecule has 0 spiro atoms. The highest BCUT2D eigenvalue weighted by atomic mass is 16.5. The molecule has 0 unspecified atom stereocenters. The molecule has 3 heteroatoms. The molecular formula is C7H13NO2. The van der Waals surface area contributed by atoms with E-state index in [2.05, 4.69) is 4.74 Å². The van der Waals surface area contributed by atoms with Crippen LogP contribution in [0, 0.1) is 5.92 Å². The van der Waals surface area contributed by atoms with Crippen LogP contribution in [0.4, 0.5) is 0 Å². The maximum atomic E-state index is 10.9. The smallest absolute Gasteiger partial charge is 0.308 e. The van der Waals surface area contributed by atoms with Crippen LogP contribution in [-0.4, -0.2) is 19.1 Å². The summed E-state index contributed by atoms with van der Waals surface area (Å²) >= 11 is 0. The summed E-state index contributed by atoms with van der Waals surface area (Å²) in [6.07, 6.45) is 2.65. The summed E-state index contributed by atoms with van der Waals surface area (Å²) in [4.78, 5) is 10.9. The number of nitrogens with two attached hydrogens (primary N) is 1. The Kier molecular flexibility index (Phi) is 2.27. The topological polar surface area (TPSA) is 52.3 Å². The van der Waals surface area contributed by atoms with Gasteiger partial charge in [-0.25, -0.2) is 0 Å². The van der Waals surface area contributed by atoms with Gasteiger partial charge in [0, 0.05) is 6.04 Å². The number of carbonyl (C=O) groups excluding carboxylic acids is 1. The number of ether oxygens (including phenoxy) is 1. The molecule has 2 atom stereocenters. The molecule has 0 aromatic rings. The first-order valence-electron chi connectivity index (χ1n) is 3.57. The molecule has 1 aliphatic rings. The molecule has 10 heavy (non-hydrogen) atoms. The Labute approximate surface area is 60.5 Å². The summed E-state index contributed by atoms with van der Waals surface area (Å²) in [6, 6.07) is 0.212. The third-order valence-electron chi connectivity index (χ3n) is 2.01. The van der Waals surface area contributed by atoms with Gasteiger partial charge in [-0.1, -0.05) is 0 Å². The second-order valence-electron chi connectivity index (χ2n) is 2.79. The van der Waals surface area contributed by atoms with Gasteiger partial charge in [-0.3, -0.25) is 4.79 Å². The van der Waals surface area contributed by atoms with Crippen molar-refractivity contribution in [3.8, 4) is 0 Å². The van der Waals surface area contributed by atoms with Gasteiger partial charge in [0.2, 0.25) is 0 Å². The molecule has 0 saturated heterocycles. The predicted octanol–water partition coefficient (Wildman–Crippen LogP) is 0.287. The Morgan fingerprint density at radius 2 is 2.30 bits per heavy atom. The molecule has 1 rings (SSSR count). The number of rotatable bonds is 1. The minimum atomic E-state index is -0.104. The van der Waals surface area contributed by atoms with Gasteiger partial charge >= 0.3 is 5.97 Å². The number of esters is 1. The third-order valence-corrected chi connectivity index (χ3v) is 2.01. The molecule has 0 aliphatic heterocycles. The van der Waals surface area contributed by atoms with Crippen LogP contribution in [0.1, 0.15) is 19.3 Å². The van der Waals surface area contributed by atoms with Gasteiger partial charge < -0.3 is 10.5 Å². The van der Waals surface area contributed by atoms with Crippen LogP contribution in [0.3, 0.4) is 0 Å². The molecule has 58 valence electrons. The number of hydrogen-bond acceptors (Lipinski definition) is 3. The fourth-order valence-corrected chi connectivity index (χ4v) is 1.40. The SMILES string of the molecule is COC(=O)[C@@H]1CC[C@@H](N)C1. The third kappa shape index (κ3) is 1.48. The zero-order valence-electron chi connectivity index (χ0n) is 6.17. The molecule has 1 fully saturated rings. The van der Waals surface area contributed by atoms with E-state index in [4.69, 9.17) is 5.73 Å². The summed E-state index contributed by atoms with van der Waals surface area (Å²) in [5.41, 5.74) is 5.61. The minimum Gasteiger partial charge on any atom is -0.469 e. The van der Waals surface area contributed by atoms with Crippen molar-refractivity contribution in [3.63, 3.8) is 0 Å². The Balaban J connectivity index is 2.37. The largest absolute Gasteiger partial charge is 0.469 e. The number of hydrogen-bond donors (Lipinski definition) is 1. The Bertz CT molecular complexity index is 136. The zero-order chi connectivity index (χ0) is 7.56. The molecule has 0 aromatic carbocycles. The Morgan fingerprint density at radius 3 is 2.70 bits per heavy atom. The summed E-state index contributed by atoms with van der Waals surface area (Å²) in [6.45, 7) is 0. The number of methoxy groups -OCH3 is 1. The van der Waals surface area contributed by atoms with Crippen LogP contribution < -0.4 is 5.73 Å². The summed E-state index contributed by atoms with van der Waals surface area (Å²) in [5, 5.41) is 0. The van der Waals surface area contributed by atoms with Gasteiger partial charge in [0.25, 0.3) is 0 Å². The second kappa shape index (κ2) is 3.01. The number of carbonyl (C=O) groups is 1. The van der Waals surface area contributed by atoms with Gasteiger partial charge in [0.15, 0.2) is 0 Å². The molecule has 0 heterocycles. The summed E-state index contributed by atoms with van der Waals surface area (Å²) < 4.78 is 4.59. The van der Waals surface area contributed by atoms with Gasteiger partial charge in [-0.2, -0.15) is 0 Å². The van der Waals surface area contributed by atoms with Gasteiger partial charge in [0.1, 0.15) is 0 Å². The minimum absolute atomic E-state index is 0.0694. The van der Waals surface area contributed by atoms with Crippen molar-refractivity contribution in [1.29, 1.82) is 0 Å². The van der Waals surface area contributed by atoms with Crippen LogP contribution in [0.2, 0.25) is 0 Å². The Morgan fingerprint density at radius 1 is 1.60 bits per heavy atom. The monoisotopic (exact) mass is 143 g/mol. The van der Waals surface area contributed by atoms with Crippen molar-refractivity contribution in [3.05, 3.63) is 0 Å². The lowest BCUT2D eigenvalue weighted by atomic mass is 10.1. The highest BCUT2D eigenvalue weighted by Gasteiger charge is 2.27. The summed E-state index contributed by atoms with van der Waals surface area (Å²) in [7, 11) is 1.42. The maximum absolute atomic E-state index is 10.9. The van der Waals surface area contributed by atoms with E-state index in [0.717, 1.165) is 19.3 Å². The van der Waals surface area contributed by atoms with Crippen LogP contribution >= 0.6 is 0 Å². The normalized spacial score (nSPS) is 32.2. The predicted molar refractivity (Wildman–Crippen MR) is 37.3 cm³/mol. The molecule has 1 saturated carbocycles. The quantitative estimate of drug-likeness (QED) is 0.537. The molecule has 2 N–H and O–H groups in total. The van der Waals surface area contributed by atoms with Crippen LogP contribution in [0.5, 0.6) is 0 Å². The molecule has 0 aromatic heterocycles. The maximum Gasteiger partial charge on any atom is 0.308 e. The fourth-order valence-electron chi connectivity index (χ4n) is 1.40. The van der Waals surface area contributed by atoms with Crippen molar-refractivity contribution in [2.24, 2.45) is 11.7 Å². The lowest BCUT2D eigenvalue weighted by Gasteiger charge is -2.04. The second-order valence-corrected chi connectivity index (χ2v) is 2.79. The first kappa shape index (κ1) is 7.54. The lowest BCUT2D eigenvalue weighted by Crippen LogP contribution is -2.18. The van der Waals surface area contributed by atoms with Crippen molar-refractivity contribution in [2.45, 2.75) is 25.3 Å². The van der Waals surface area contributed by atoms with E-state index in [1.807, 2.05) is 0 Å². The average Bonchev–Trinajstić information content (AvgIpc) is 2.34. The van der Waals surface area contributed by atoms with Gasteiger partial charge in [-0.05, 0) is 19.3 Å². The van der Waals surface area contributed by atoms with Crippen LogP contribution in [0.15, 0.2) is 0 Å². The molecule has 0 radical (unpaired) electrons. The highest BCUT2D eigenvalue weighted by Crippen LogP contribution is 2.24. The molecule has 0 amide bonds. The van der Waals surface area contributed by atoms with E-state index in [0.29, 0.717) is 0 Å². The van der Waals surface area contributed by atoms with Crippen LogP contribution in [0.25, 0.3) is 0 Å². The van der Waals surface area contributed by atoms with Crippen molar-refractivity contribution >= 4 is 5.97 Å². The summed E-state index contributed by atoms with van der Waals surface area (Å²) in [5.74, 6) is -0.0343. The van der Waals surface area contributed by atoms with E-state index in [9.17, 15) is 4.79 Å². The Hall–Kier alpha value is -0.570. The average molecular weight is 143 g/mol. The standard InChI is InChI=1S/C7H13NO2/c1-10-7(9)5-2-3-6(8)4-5/h5-6H,2-4,8H2,1H3/t5-,6-/m1/s1. The molecular weight excluding hydrogens is 130 g/mol. The highest BCUT2D eigenvalue weighted by molar-refractivity contribution is 5.72. The molecule has 3 nitrogen and oxygen atoms in total. The molecule has 0 bridgehead atoms. The van der Waals surface area contributed by atoms with Crippen LogP contribution in [-0.2, 0) is 9.53 Å². The first-order chi connectivity index (χ1) is 4.74.